The van der Waals surface area contributed by atoms with E-state index in [0.717, 1.165) is 59.8 Å². The van der Waals surface area contributed by atoms with E-state index >= 15 is 0 Å². The van der Waals surface area contributed by atoms with Gasteiger partial charge in [-0.1, -0.05) is 0 Å². The second-order valence-electron chi connectivity index (χ2n) is 5.49. The van der Waals surface area contributed by atoms with Crippen LogP contribution in [0.5, 0.6) is 0 Å². The van der Waals surface area contributed by atoms with E-state index in [2.05, 4.69) is 10.4 Å². The Labute approximate surface area is 130 Å². The van der Waals surface area contributed by atoms with E-state index in [1.165, 1.54) is 6.07 Å². The van der Waals surface area contributed by atoms with Crippen molar-refractivity contribution < 1.29 is 13.6 Å². The highest BCUT2D eigenvalue weighted by Gasteiger charge is 2.15. The molecule has 1 N–H and O–H groups in total. The van der Waals surface area contributed by atoms with Gasteiger partial charge in [-0.25, -0.2) is 13.5 Å². The number of fused-ring (bicyclic) bond motifs is 1. The normalized spacial score (nSPS) is 13.5. The highest BCUT2D eigenvalue weighted by atomic mass is 19.1. The van der Waals surface area contributed by atoms with Crippen molar-refractivity contribution in [1.82, 2.24) is 9.78 Å². The van der Waals surface area contributed by atoms with Crippen LogP contribution in [0.2, 0.25) is 0 Å². The Morgan fingerprint density at radius 3 is 2.83 bits per heavy atom. The molecule has 23 heavy (non-hydrogen) atoms. The molecule has 0 aliphatic heterocycles. The molecule has 1 aliphatic rings. The smallest absolute Gasteiger partial charge is 0.267 e. The molecule has 0 bridgehead atoms. The molecule has 0 saturated carbocycles. The highest BCUT2D eigenvalue weighted by molar-refractivity contribution is 5.90. The lowest BCUT2D eigenvalue weighted by atomic mass is 9.97. The molecular weight excluding hydrogens is 304 g/mol. The Hall–Kier alpha value is -2.57. The first-order valence-electron chi connectivity index (χ1n) is 7.38. The number of aromatic nitrogens is 2. The summed E-state index contributed by atoms with van der Waals surface area (Å²) < 4.78 is 27.7. The fourth-order valence-corrected chi connectivity index (χ4v) is 2.63. The number of carbonyl (C=O) groups is 1. The summed E-state index contributed by atoms with van der Waals surface area (Å²) in [5.41, 5.74) is 1.11. The number of nitrogens with one attached hydrogen (secondary N) is 1. The maximum Gasteiger partial charge on any atom is 0.267 e. The number of carbonyl (C=O) groups excluding carboxylic acids is 1. The Morgan fingerprint density at radius 1 is 1.22 bits per heavy atom. The van der Waals surface area contributed by atoms with E-state index in [1.54, 1.807) is 0 Å². The summed E-state index contributed by atoms with van der Waals surface area (Å²) in [5, 5.41) is 6.46. The van der Waals surface area contributed by atoms with Crippen LogP contribution in [-0.4, -0.2) is 15.7 Å². The van der Waals surface area contributed by atoms with Crippen molar-refractivity contribution in [1.29, 1.82) is 0 Å². The third kappa shape index (κ3) is 3.44. The molecule has 1 aromatic heterocycles. The predicted octanol–water partition coefficient (Wildman–Crippen LogP) is 2.04. The van der Waals surface area contributed by atoms with Gasteiger partial charge >= 0.3 is 0 Å². The van der Waals surface area contributed by atoms with Crippen LogP contribution in [0.1, 0.15) is 24.1 Å². The Bertz CT molecular complexity index is 817. The van der Waals surface area contributed by atoms with E-state index in [-0.39, 0.29) is 17.8 Å². The number of nitrogens with zero attached hydrogens (tertiary/aromatic N) is 2. The number of hydrogen-bond donors (Lipinski definition) is 1. The maximum absolute atomic E-state index is 13.5. The zero-order chi connectivity index (χ0) is 16.4. The monoisotopic (exact) mass is 319 g/mol. The van der Waals surface area contributed by atoms with Gasteiger partial charge in [-0.15, -0.1) is 0 Å². The van der Waals surface area contributed by atoms with Gasteiger partial charge < -0.3 is 5.32 Å². The minimum Gasteiger partial charge on any atom is -0.322 e. The zero-order valence-corrected chi connectivity index (χ0v) is 12.3. The average molecular weight is 319 g/mol. The van der Waals surface area contributed by atoms with Crippen molar-refractivity contribution in [3.63, 3.8) is 0 Å². The summed E-state index contributed by atoms with van der Waals surface area (Å²) in [4.78, 5) is 24.0. The van der Waals surface area contributed by atoms with Crippen molar-refractivity contribution in [2.75, 3.05) is 5.32 Å². The topological polar surface area (TPSA) is 64.0 Å². The van der Waals surface area contributed by atoms with Crippen molar-refractivity contribution in [2.45, 2.75) is 32.2 Å². The molecule has 3 rings (SSSR count). The molecule has 7 heteroatoms. The van der Waals surface area contributed by atoms with Crippen LogP contribution < -0.4 is 10.9 Å². The van der Waals surface area contributed by atoms with Crippen molar-refractivity contribution in [3.05, 3.63) is 57.5 Å². The first-order chi connectivity index (χ1) is 11.0. The van der Waals surface area contributed by atoms with E-state index < -0.39 is 17.5 Å². The van der Waals surface area contributed by atoms with Crippen molar-refractivity contribution in [2.24, 2.45) is 0 Å². The van der Waals surface area contributed by atoms with Gasteiger partial charge in [-0.2, -0.15) is 5.10 Å². The maximum atomic E-state index is 13.5. The average Bonchev–Trinajstić information content (AvgIpc) is 2.51. The molecule has 1 heterocycles. The molecule has 0 radical (unpaired) electrons. The molecule has 0 spiro atoms. The van der Waals surface area contributed by atoms with E-state index in [0.29, 0.717) is 0 Å². The molecule has 0 unspecified atom stereocenters. The van der Waals surface area contributed by atoms with Gasteiger partial charge in [0.1, 0.15) is 18.2 Å². The number of anilines is 1. The predicted molar refractivity (Wildman–Crippen MR) is 80.1 cm³/mol. The molecule has 1 aromatic carbocycles. The summed E-state index contributed by atoms with van der Waals surface area (Å²) >= 11 is 0. The van der Waals surface area contributed by atoms with E-state index in [1.807, 2.05) is 0 Å². The van der Waals surface area contributed by atoms with Crippen LogP contribution in [0.15, 0.2) is 29.1 Å². The fourth-order valence-electron chi connectivity index (χ4n) is 2.63. The molecule has 0 saturated heterocycles. The molecule has 120 valence electrons. The van der Waals surface area contributed by atoms with Gasteiger partial charge in [0.25, 0.3) is 5.56 Å². The van der Waals surface area contributed by atoms with E-state index in [4.69, 9.17) is 0 Å². The third-order valence-corrected chi connectivity index (χ3v) is 3.77. The summed E-state index contributed by atoms with van der Waals surface area (Å²) in [6, 6.07) is 4.27. The van der Waals surface area contributed by atoms with Gasteiger partial charge in [0.05, 0.1) is 11.4 Å². The van der Waals surface area contributed by atoms with Gasteiger partial charge in [0, 0.05) is 12.1 Å². The van der Waals surface area contributed by atoms with Gasteiger partial charge in [0.2, 0.25) is 5.91 Å². The summed E-state index contributed by atoms with van der Waals surface area (Å²) in [6.45, 7) is -0.345. The second-order valence-corrected chi connectivity index (χ2v) is 5.49. The van der Waals surface area contributed by atoms with Crippen LogP contribution in [0.3, 0.4) is 0 Å². The number of amides is 1. The van der Waals surface area contributed by atoms with Crippen molar-refractivity contribution >= 4 is 11.6 Å². The third-order valence-electron chi connectivity index (χ3n) is 3.77. The minimum atomic E-state index is -0.745. The lowest BCUT2D eigenvalue weighted by molar-refractivity contribution is -0.117. The molecule has 1 aliphatic carbocycles. The van der Waals surface area contributed by atoms with Crippen molar-refractivity contribution in [3.8, 4) is 0 Å². The summed E-state index contributed by atoms with van der Waals surface area (Å²) in [7, 11) is 0. The van der Waals surface area contributed by atoms with Crippen LogP contribution in [-0.2, 0) is 24.2 Å². The Kier molecular flexibility index (Phi) is 4.18. The molecular formula is C16H15F2N3O2. The number of rotatable bonds is 3. The van der Waals surface area contributed by atoms with Gasteiger partial charge in [0.15, 0.2) is 0 Å². The SMILES string of the molecule is O=C(Cn1nc2c(cc1=O)CCCC2)Nc1cc(F)ccc1F. The number of halogens is 2. The summed E-state index contributed by atoms with van der Waals surface area (Å²) in [5.74, 6) is -2.05. The fraction of sp³-hybridized carbons (Fsp3) is 0.312. The molecule has 2 aromatic rings. The van der Waals surface area contributed by atoms with Crippen LogP contribution in [0.4, 0.5) is 14.5 Å². The van der Waals surface area contributed by atoms with Gasteiger partial charge in [-0.3, -0.25) is 9.59 Å². The van der Waals surface area contributed by atoms with E-state index in [9.17, 15) is 18.4 Å². The molecule has 1 amide bonds. The number of aryl methyl sites for hydroxylation is 2. The van der Waals surface area contributed by atoms with Crippen LogP contribution in [0.25, 0.3) is 0 Å². The van der Waals surface area contributed by atoms with Gasteiger partial charge in [-0.05, 0) is 43.4 Å². The molecule has 0 fully saturated rings. The van der Waals surface area contributed by atoms with Crippen LogP contribution in [0, 0.1) is 11.6 Å². The molecule has 5 nitrogen and oxygen atoms in total. The number of hydrogen-bond acceptors (Lipinski definition) is 3. The zero-order valence-electron chi connectivity index (χ0n) is 12.3. The highest BCUT2D eigenvalue weighted by Crippen LogP contribution is 2.17. The lowest BCUT2D eigenvalue weighted by Crippen LogP contribution is -2.31. The molecule has 0 atom stereocenters. The van der Waals surface area contributed by atoms with Crippen LogP contribution >= 0.6 is 0 Å². The minimum absolute atomic E-state index is 0.263. The first-order valence-corrected chi connectivity index (χ1v) is 7.38. The Balaban J connectivity index is 1.78. The summed E-state index contributed by atoms with van der Waals surface area (Å²) in [6.07, 6.45) is 3.62. The number of benzene rings is 1. The lowest BCUT2D eigenvalue weighted by Gasteiger charge is -2.15. The Morgan fingerprint density at radius 2 is 2.00 bits per heavy atom. The first kappa shape index (κ1) is 15.3. The second kappa shape index (κ2) is 6.28. The largest absolute Gasteiger partial charge is 0.322 e. The quantitative estimate of drug-likeness (QED) is 0.941. The standard InChI is InChI=1S/C16H15F2N3O2/c17-11-5-6-12(18)14(8-11)19-15(22)9-21-16(23)7-10-3-1-2-4-13(10)20-21/h5-8H,1-4,9H2,(H,19,22).